The van der Waals surface area contributed by atoms with E-state index in [9.17, 15) is 9.59 Å². The molecule has 0 spiro atoms. The number of hydrogen-bond acceptors (Lipinski definition) is 8. The van der Waals surface area contributed by atoms with Gasteiger partial charge in [-0.2, -0.15) is 0 Å². The molecule has 174 valence electrons. The van der Waals surface area contributed by atoms with Crippen LogP contribution in [0.25, 0.3) is 5.69 Å². The minimum absolute atomic E-state index is 0.0367. The zero-order chi connectivity index (χ0) is 23.8. The van der Waals surface area contributed by atoms with E-state index in [0.717, 1.165) is 11.4 Å². The fourth-order valence-electron chi connectivity index (χ4n) is 2.91. The van der Waals surface area contributed by atoms with Gasteiger partial charge in [-0.05, 0) is 47.8 Å². The highest BCUT2D eigenvalue weighted by Crippen LogP contribution is 2.23. The number of thioether (sulfide) groups is 1. The molecule has 0 aliphatic rings. The molecule has 0 fully saturated rings. The summed E-state index contributed by atoms with van der Waals surface area (Å²) in [6.45, 7) is 0.178. The third-order valence-electron chi connectivity index (χ3n) is 4.53. The van der Waals surface area contributed by atoms with Gasteiger partial charge in [-0.25, -0.2) is 0 Å². The number of benzene rings is 2. The second kappa shape index (κ2) is 11.3. The first-order valence-corrected chi connectivity index (χ1v) is 12.0. The Morgan fingerprint density at radius 3 is 2.44 bits per heavy atom. The smallest absolute Gasteiger partial charge is 0.279 e. The molecular weight excluding hydrogens is 474 g/mol. The lowest BCUT2D eigenvalue weighted by Crippen LogP contribution is -2.42. The van der Waals surface area contributed by atoms with Crippen molar-refractivity contribution in [1.82, 2.24) is 25.6 Å². The molecule has 2 N–H and O–H groups in total. The Bertz CT molecular complexity index is 1230. The number of carbonyl (C=O) groups excluding carboxylic acids is 2. The number of amides is 2. The summed E-state index contributed by atoms with van der Waals surface area (Å²) in [5.74, 6) is 1.29. The van der Waals surface area contributed by atoms with Gasteiger partial charge < -0.3 is 9.47 Å². The molecule has 0 unspecified atom stereocenters. The van der Waals surface area contributed by atoms with Crippen molar-refractivity contribution in [2.75, 3.05) is 12.9 Å². The molecule has 34 heavy (non-hydrogen) atoms. The highest BCUT2D eigenvalue weighted by molar-refractivity contribution is 7.99. The zero-order valence-electron chi connectivity index (χ0n) is 18.1. The molecule has 0 saturated carbocycles. The number of rotatable bonds is 9. The van der Waals surface area contributed by atoms with E-state index in [2.05, 4.69) is 21.0 Å². The van der Waals surface area contributed by atoms with Crippen LogP contribution in [0.1, 0.15) is 15.5 Å². The molecular formula is C23H21N5O4S2. The highest BCUT2D eigenvalue weighted by atomic mass is 32.2. The van der Waals surface area contributed by atoms with Crippen molar-refractivity contribution < 1.29 is 19.1 Å². The SMILES string of the molecule is COc1ccc(OCc2nnc(SCC(=O)NNC(=O)c3cccs3)n2-c2ccccc2)cc1. The molecule has 2 heterocycles. The second-order valence-electron chi connectivity index (χ2n) is 6.80. The largest absolute Gasteiger partial charge is 0.497 e. The van der Waals surface area contributed by atoms with Crippen LogP contribution in [0.15, 0.2) is 77.3 Å². The number of hydrazine groups is 1. The summed E-state index contributed by atoms with van der Waals surface area (Å²) in [5, 5.41) is 10.8. The Morgan fingerprint density at radius 2 is 1.74 bits per heavy atom. The third-order valence-corrected chi connectivity index (χ3v) is 6.33. The van der Waals surface area contributed by atoms with Crippen LogP contribution in [0.4, 0.5) is 0 Å². The van der Waals surface area contributed by atoms with Crippen LogP contribution in [-0.4, -0.2) is 39.4 Å². The standard InChI is InChI=1S/C23H21N5O4S2/c1-31-17-9-11-18(12-10-17)32-14-20-24-27-23(28(20)16-6-3-2-4-7-16)34-15-21(29)25-26-22(30)19-8-5-13-33-19/h2-13H,14-15H2,1H3,(H,25,29)(H,26,30). The average Bonchev–Trinajstić information content (AvgIpc) is 3.56. The quantitative estimate of drug-likeness (QED) is 0.270. The summed E-state index contributed by atoms with van der Waals surface area (Å²) in [6, 6.07) is 20.3. The Balaban J connectivity index is 1.41. The van der Waals surface area contributed by atoms with Gasteiger partial charge in [0.15, 0.2) is 11.0 Å². The molecule has 0 radical (unpaired) electrons. The summed E-state index contributed by atoms with van der Waals surface area (Å²) in [7, 11) is 1.61. The zero-order valence-corrected chi connectivity index (χ0v) is 19.8. The first kappa shape index (κ1) is 23.3. The normalized spacial score (nSPS) is 10.5. The molecule has 11 heteroatoms. The molecule has 9 nitrogen and oxygen atoms in total. The third kappa shape index (κ3) is 5.94. The van der Waals surface area contributed by atoms with Crippen molar-refractivity contribution >= 4 is 34.9 Å². The number of nitrogens with one attached hydrogen (secondary N) is 2. The highest BCUT2D eigenvalue weighted by Gasteiger charge is 2.17. The lowest BCUT2D eigenvalue weighted by Gasteiger charge is -2.11. The summed E-state index contributed by atoms with van der Waals surface area (Å²) in [4.78, 5) is 24.8. The lowest BCUT2D eigenvalue weighted by atomic mass is 10.3. The number of ether oxygens (including phenoxy) is 2. The van der Waals surface area contributed by atoms with Gasteiger partial charge in [0.05, 0.1) is 17.7 Å². The van der Waals surface area contributed by atoms with Crippen molar-refractivity contribution in [3.05, 3.63) is 82.8 Å². The minimum atomic E-state index is -0.367. The van der Waals surface area contributed by atoms with E-state index < -0.39 is 0 Å². The van der Waals surface area contributed by atoms with Crippen molar-refractivity contribution in [2.24, 2.45) is 0 Å². The van der Waals surface area contributed by atoms with E-state index in [1.165, 1.54) is 23.1 Å². The fourth-order valence-corrected chi connectivity index (χ4v) is 4.30. The van der Waals surface area contributed by atoms with Gasteiger partial charge in [0.1, 0.15) is 18.1 Å². The molecule has 2 aromatic carbocycles. The van der Waals surface area contributed by atoms with Gasteiger partial charge in [0.25, 0.3) is 5.91 Å². The van der Waals surface area contributed by atoms with Crippen LogP contribution in [0.5, 0.6) is 11.5 Å². The molecule has 2 amide bonds. The van der Waals surface area contributed by atoms with Crippen molar-refractivity contribution in [2.45, 2.75) is 11.8 Å². The van der Waals surface area contributed by atoms with Crippen LogP contribution in [0.3, 0.4) is 0 Å². The van der Waals surface area contributed by atoms with Gasteiger partial charge in [-0.1, -0.05) is 36.0 Å². The maximum atomic E-state index is 12.3. The predicted octanol–water partition coefficient (Wildman–Crippen LogP) is 3.47. The molecule has 4 aromatic rings. The molecule has 0 aliphatic heterocycles. The van der Waals surface area contributed by atoms with Crippen molar-refractivity contribution in [3.8, 4) is 17.2 Å². The summed E-state index contributed by atoms with van der Waals surface area (Å²) < 4.78 is 12.9. The summed E-state index contributed by atoms with van der Waals surface area (Å²) >= 11 is 2.49. The van der Waals surface area contributed by atoms with Crippen LogP contribution in [0.2, 0.25) is 0 Å². The topological polar surface area (TPSA) is 107 Å². The maximum absolute atomic E-state index is 12.3. The number of aromatic nitrogens is 3. The number of carbonyl (C=O) groups is 2. The predicted molar refractivity (Wildman–Crippen MR) is 129 cm³/mol. The van der Waals surface area contributed by atoms with Crippen LogP contribution >= 0.6 is 23.1 Å². The van der Waals surface area contributed by atoms with E-state index in [1.807, 2.05) is 59.2 Å². The number of nitrogens with zero attached hydrogens (tertiary/aromatic N) is 3. The van der Waals surface area contributed by atoms with Gasteiger partial charge in [-0.3, -0.25) is 25.0 Å². The molecule has 0 saturated heterocycles. The Hall–Kier alpha value is -3.83. The second-order valence-corrected chi connectivity index (χ2v) is 8.69. The van der Waals surface area contributed by atoms with Crippen LogP contribution < -0.4 is 20.3 Å². The molecule has 0 aliphatic carbocycles. The van der Waals surface area contributed by atoms with E-state index in [0.29, 0.717) is 21.6 Å². The lowest BCUT2D eigenvalue weighted by molar-refractivity contribution is -0.119. The van der Waals surface area contributed by atoms with Crippen molar-refractivity contribution in [3.63, 3.8) is 0 Å². The van der Waals surface area contributed by atoms with E-state index >= 15 is 0 Å². The summed E-state index contributed by atoms with van der Waals surface area (Å²) in [6.07, 6.45) is 0. The van der Waals surface area contributed by atoms with Crippen molar-refractivity contribution in [1.29, 1.82) is 0 Å². The summed E-state index contributed by atoms with van der Waals surface area (Å²) in [5.41, 5.74) is 5.67. The molecule has 0 bridgehead atoms. The number of hydrogen-bond donors (Lipinski definition) is 2. The van der Waals surface area contributed by atoms with E-state index in [4.69, 9.17) is 9.47 Å². The first-order valence-electron chi connectivity index (χ1n) is 10.2. The van der Waals surface area contributed by atoms with Gasteiger partial charge in [0, 0.05) is 5.69 Å². The van der Waals surface area contributed by atoms with Gasteiger partial charge in [-0.15, -0.1) is 21.5 Å². The van der Waals surface area contributed by atoms with Gasteiger partial charge in [0.2, 0.25) is 5.91 Å². The minimum Gasteiger partial charge on any atom is -0.497 e. The first-order chi connectivity index (χ1) is 16.6. The molecule has 2 aromatic heterocycles. The number of para-hydroxylation sites is 1. The van der Waals surface area contributed by atoms with Crippen LogP contribution in [-0.2, 0) is 11.4 Å². The number of thiophene rings is 1. The van der Waals surface area contributed by atoms with E-state index in [1.54, 1.807) is 24.6 Å². The fraction of sp³-hybridized carbons (Fsp3) is 0.130. The maximum Gasteiger partial charge on any atom is 0.279 e. The Labute approximate surface area is 204 Å². The average molecular weight is 496 g/mol. The number of methoxy groups -OCH3 is 1. The Morgan fingerprint density at radius 1 is 0.971 bits per heavy atom. The van der Waals surface area contributed by atoms with Crippen LogP contribution in [0, 0.1) is 0 Å². The monoisotopic (exact) mass is 495 g/mol. The Kier molecular flexibility index (Phi) is 7.79. The molecule has 0 atom stereocenters. The molecule has 4 rings (SSSR count). The van der Waals surface area contributed by atoms with E-state index in [-0.39, 0.29) is 24.2 Å². The van der Waals surface area contributed by atoms with Gasteiger partial charge >= 0.3 is 0 Å².